The van der Waals surface area contributed by atoms with Crippen LogP contribution in [0.15, 0.2) is 5.38 Å². The fourth-order valence-corrected chi connectivity index (χ4v) is 3.30. The van der Waals surface area contributed by atoms with Crippen LogP contribution in [-0.2, 0) is 0 Å². The minimum Gasteiger partial charge on any atom is -0.323 e. The van der Waals surface area contributed by atoms with Gasteiger partial charge in [0.2, 0.25) is 0 Å². The number of thiazole rings is 1. The first-order chi connectivity index (χ1) is 7.16. The van der Waals surface area contributed by atoms with Gasteiger partial charge in [0.1, 0.15) is 0 Å². The Balaban J connectivity index is 2.03. The minimum atomic E-state index is 0.0810. The van der Waals surface area contributed by atoms with Crippen molar-refractivity contribution in [3.63, 3.8) is 0 Å². The van der Waals surface area contributed by atoms with E-state index in [1.54, 1.807) is 11.3 Å². The summed E-state index contributed by atoms with van der Waals surface area (Å²) in [7, 11) is 0. The molecule has 1 fully saturated rings. The molecule has 1 saturated carbocycles. The number of aromatic nitrogens is 1. The van der Waals surface area contributed by atoms with Gasteiger partial charge in [-0.15, -0.1) is 11.3 Å². The van der Waals surface area contributed by atoms with E-state index in [1.807, 2.05) is 6.92 Å². The summed E-state index contributed by atoms with van der Waals surface area (Å²) in [5.74, 6) is 1.62. The molecule has 1 heterocycles. The van der Waals surface area contributed by atoms with Gasteiger partial charge in [0, 0.05) is 17.3 Å². The first-order valence-corrected chi connectivity index (χ1v) is 6.75. The van der Waals surface area contributed by atoms with Crippen molar-refractivity contribution in [2.24, 2.45) is 11.7 Å². The van der Waals surface area contributed by atoms with Crippen LogP contribution in [0.25, 0.3) is 0 Å². The number of nitrogens with zero attached hydrogens (tertiary/aromatic N) is 1. The summed E-state index contributed by atoms with van der Waals surface area (Å²) in [6.07, 6.45) is 5.34. The molecule has 0 saturated heterocycles. The standard InChI is InChI=1S/C12H20N2S/c1-8-3-5-10(6-4-8)12-14-11(7-15-12)9(2)13/h7-10H,3-6,13H2,1-2H3. The first-order valence-electron chi connectivity index (χ1n) is 5.87. The van der Waals surface area contributed by atoms with Crippen molar-refractivity contribution in [2.75, 3.05) is 0 Å². The maximum Gasteiger partial charge on any atom is 0.0959 e. The molecular weight excluding hydrogens is 204 g/mol. The second kappa shape index (κ2) is 4.62. The van der Waals surface area contributed by atoms with Gasteiger partial charge in [0.15, 0.2) is 0 Å². The molecule has 1 aliphatic rings. The van der Waals surface area contributed by atoms with Crippen LogP contribution in [0.1, 0.15) is 62.2 Å². The Morgan fingerprint density at radius 2 is 2.07 bits per heavy atom. The molecule has 0 amide bonds. The summed E-state index contributed by atoms with van der Waals surface area (Å²) in [5, 5.41) is 3.44. The van der Waals surface area contributed by atoms with Crippen LogP contribution < -0.4 is 5.73 Å². The Bertz CT molecular complexity index is 311. The molecule has 2 nitrogen and oxygen atoms in total. The Morgan fingerprint density at radius 1 is 1.40 bits per heavy atom. The lowest BCUT2D eigenvalue weighted by molar-refractivity contribution is 0.347. The minimum absolute atomic E-state index is 0.0810. The molecule has 1 unspecified atom stereocenters. The van der Waals surface area contributed by atoms with E-state index in [0.29, 0.717) is 5.92 Å². The lowest BCUT2D eigenvalue weighted by Gasteiger charge is -2.24. The van der Waals surface area contributed by atoms with Gasteiger partial charge in [-0.3, -0.25) is 0 Å². The summed E-state index contributed by atoms with van der Waals surface area (Å²) < 4.78 is 0. The lowest BCUT2D eigenvalue weighted by atomic mass is 9.83. The van der Waals surface area contributed by atoms with E-state index in [2.05, 4.69) is 17.3 Å². The Morgan fingerprint density at radius 3 is 2.60 bits per heavy atom. The monoisotopic (exact) mass is 224 g/mol. The van der Waals surface area contributed by atoms with Crippen molar-refractivity contribution in [2.45, 2.75) is 51.5 Å². The van der Waals surface area contributed by atoms with E-state index in [1.165, 1.54) is 30.7 Å². The van der Waals surface area contributed by atoms with Crippen molar-refractivity contribution in [1.29, 1.82) is 0 Å². The predicted octanol–water partition coefficient (Wildman–Crippen LogP) is 3.46. The van der Waals surface area contributed by atoms with Gasteiger partial charge in [-0.05, 0) is 25.7 Å². The topological polar surface area (TPSA) is 38.9 Å². The van der Waals surface area contributed by atoms with Crippen LogP contribution in [0.2, 0.25) is 0 Å². The molecule has 84 valence electrons. The van der Waals surface area contributed by atoms with E-state index >= 15 is 0 Å². The zero-order chi connectivity index (χ0) is 10.8. The molecule has 0 bridgehead atoms. The van der Waals surface area contributed by atoms with E-state index in [0.717, 1.165) is 11.6 Å². The van der Waals surface area contributed by atoms with Crippen LogP contribution in [0.5, 0.6) is 0 Å². The zero-order valence-electron chi connectivity index (χ0n) is 9.57. The Hall–Kier alpha value is -0.410. The lowest BCUT2D eigenvalue weighted by Crippen LogP contribution is -2.11. The number of hydrogen-bond acceptors (Lipinski definition) is 3. The van der Waals surface area contributed by atoms with Crippen LogP contribution in [0.4, 0.5) is 0 Å². The number of rotatable bonds is 2. The quantitative estimate of drug-likeness (QED) is 0.835. The first kappa shape index (κ1) is 11.1. The van der Waals surface area contributed by atoms with Gasteiger partial charge < -0.3 is 5.73 Å². The normalized spacial score (nSPS) is 29.0. The maximum absolute atomic E-state index is 5.82. The summed E-state index contributed by atoms with van der Waals surface area (Å²) in [5.41, 5.74) is 6.89. The zero-order valence-corrected chi connectivity index (χ0v) is 10.4. The highest BCUT2D eigenvalue weighted by molar-refractivity contribution is 7.09. The van der Waals surface area contributed by atoms with E-state index < -0.39 is 0 Å². The predicted molar refractivity (Wildman–Crippen MR) is 65.1 cm³/mol. The molecule has 3 heteroatoms. The molecule has 2 rings (SSSR count). The van der Waals surface area contributed by atoms with Crippen LogP contribution >= 0.6 is 11.3 Å². The van der Waals surface area contributed by atoms with Crippen molar-refractivity contribution in [3.05, 3.63) is 16.1 Å². The van der Waals surface area contributed by atoms with E-state index in [-0.39, 0.29) is 6.04 Å². The number of hydrogen-bond donors (Lipinski definition) is 1. The fourth-order valence-electron chi connectivity index (χ4n) is 2.20. The number of nitrogens with two attached hydrogens (primary N) is 1. The van der Waals surface area contributed by atoms with Gasteiger partial charge in [0.25, 0.3) is 0 Å². The highest BCUT2D eigenvalue weighted by Gasteiger charge is 2.22. The maximum atomic E-state index is 5.82. The van der Waals surface area contributed by atoms with Gasteiger partial charge in [-0.2, -0.15) is 0 Å². The fraction of sp³-hybridized carbons (Fsp3) is 0.750. The molecule has 0 aliphatic heterocycles. The SMILES string of the molecule is CC1CCC(c2nc(C(C)N)cs2)CC1. The Kier molecular flexibility index (Phi) is 3.42. The molecule has 1 atom stereocenters. The molecule has 0 spiro atoms. The molecule has 0 aromatic carbocycles. The van der Waals surface area contributed by atoms with Crippen LogP contribution in [0.3, 0.4) is 0 Å². The molecule has 0 radical (unpaired) electrons. The van der Waals surface area contributed by atoms with Gasteiger partial charge >= 0.3 is 0 Å². The highest BCUT2D eigenvalue weighted by Crippen LogP contribution is 2.37. The smallest absolute Gasteiger partial charge is 0.0959 e. The molecule has 1 aromatic rings. The molecule has 2 N–H and O–H groups in total. The van der Waals surface area contributed by atoms with Crippen molar-refractivity contribution >= 4 is 11.3 Å². The molecule has 15 heavy (non-hydrogen) atoms. The second-order valence-electron chi connectivity index (χ2n) is 4.86. The van der Waals surface area contributed by atoms with Gasteiger partial charge in [-0.25, -0.2) is 4.98 Å². The largest absolute Gasteiger partial charge is 0.323 e. The Labute approximate surface area is 95.9 Å². The molecule has 1 aromatic heterocycles. The third-order valence-electron chi connectivity index (χ3n) is 3.37. The summed E-state index contributed by atoms with van der Waals surface area (Å²) in [4.78, 5) is 4.65. The molecular formula is C12H20N2S. The third kappa shape index (κ3) is 2.58. The van der Waals surface area contributed by atoms with Gasteiger partial charge in [0.05, 0.1) is 10.7 Å². The van der Waals surface area contributed by atoms with Gasteiger partial charge in [-0.1, -0.05) is 19.8 Å². The summed E-state index contributed by atoms with van der Waals surface area (Å²) in [6, 6.07) is 0.0810. The summed E-state index contributed by atoms with van der Waals surface area (Å²) in [6.45, 7) is 4.35. The highest BCUT2D eigenvalue weighted by atomic mass is 32.1. The summed E-state index contributed by atoms with van der Waals surface area (Å²) >= 11 is 1.79. The molecule has 1 aliphatic carbocycles. The van der Waals surface area contributed by atoms with Crippen molar-refractivity contribution < 1.29 is 0 Å². The van der Waals surface area contributed by atoms with Crippen molar-refractivity contribution in [3.8, 4) is 0 Å². The average Bonchev–Trinajstić information content (AvgIpc) is 2.68. The second-order valence-corrected chi connectivity index (χ2v) is 5.75. The van der Waals surface area contributed by atoms with Crippen LogP contribution in [-0.4, -0.2) is 4.98 Å². The van der Waals surface area contributed by atoms with Crippen molar-refractivity contribution in [1.82, 2.24) is 4.98 Å². The van der Waals surface area contributed by atoms with Crippen LogP contribution in [0, 0.1) is 5.92 Å². The van der Waals surface area contributed by atoms with E-state index in [9.17, 15) is 0 Å². The van der Waals surface area contributed by atoms with E-state index in [4.69, 9.17) is 5.73 Å². The average molecular weight is 224 g/mol. The third-order valence-corrected chi connectivity index (χ3v) is 4.40.